The van der Waals surface area contributed by atoms with Crippen LogP contribution in [0.15, 0.2) is 30.6 Å². The zero-order valence-electron chi connectivity index (χ0n) is 14.9. The molecule has 0 radical (unpaired) electrons. The van der Waals surface area contributed by atoms with E-state index in [0.29, 0.717) is 30.6 Å². The third-order valence-electron chi connectivity index (χ3n) is 4.65. The number of benzene rings is 1. The van der Waals surface area contributed by atoms with Gasteiger partial charge in [0.25, 0.3) is 0 Å². The third-order valence-corrected chi connectivity index (χ3v) is 4.65. The van der Waals surface area contributed by atoms with Gasteiger partial charge in [-0.05, 0) is 30.9 Å². The normalized spacial score (nSPS) is 14.9. The maximum Gasteiger partial charge on any atom is 0.407 e. The fourth-order valence-corrected chi connectivity index (χ4v) is 3.14. The number of carboxylic acid groups (broad SMARTS) is 1. The van der Waals surface area contributed by atoms with Crippen molar-refractivity contribution in [3.8, 4) is 0 Å². The number of nitrogens with zero attached hydrogens (tertiary/aromatic N) is 4. The Labute approximate surface area is 155 Å². The van der Waals surface area contributed by atoms with Gasteiger partial charge in [0, 0.05) is 38.8 Å². The van der Waals surface area contributed by atoms with E-state index in [1.165, 1.54) is 11.2 Å². The van der Waals surface area contributed by atoms with Crippen LogP contribution in [0.1, 0.15) is 12.8 Å². The van der Waals surface area contributed by atoms with Gasteiger partial charge in [0.1, 0.15) is 29.6 Å². The number of carbonyl (C=O) groups is 1. The smallest absolute Gasteiger partial charge is 0.407 e. The molecular weight excluding hydrogens is 356 g/mol. The van der Waals surface area contributed by atoms with Crippen molar-refractivity contribution >= 4 is 23.4 Å². The van der Waals surface area contributed by atoms with E-state index in [1.807, 2.05) is 11.9 Å². The highest BCUT2D eigenvalue weighted by Crippen LogP contribution is 2.23. The molecule has 0 aliphatic carbocycles. The van der Waals surface area contributed by atoms with E-state index in [2.05, 4.69) is 15.3 Å². The summed E-state index contributed by atoms with van der Waals surface area (Å²) >= 11 is 0. The molecule has 1 aromatic heterocycles. The second kappa shape index (κ2) is 8.15. The van der Waals surface area contributed by atoms with Crippen molar-refractivity contribution in [1.29, 1.82) is 0 Å². The van der Waals surface area contributed by atoms with Crippen molar-refractivity contribution in [2.45, 2.75) is 12.8 Å². The van der Waals surface area contributed by atoms with Crippen LogP contribution in [-0.2, 0) is 0 Å². The molecule has 1 aliphatic heterocycles. The lowest BCUT2D eigenvalue weighted by Crippen LogP contribution is -2.40. The predicted molar refractivity (Wildman–Crippen MR) is 97.3 cm³/mol. The van der Waals surface area contributed by atoms with E-state index in [-0.39, 0.29) is 5.69 Å². The number of aromatic nitrogens is 2. The highest BCUT2D eigenvalue weighted by atomic mass is 19.1. The SMILES string of the molecule is CN(CC1CCN(C(=O)O)CC1)c1cc(Nc2cc(F)ccc2F)ncn1. The van der Waals surface area contributed by atoms with E-state index in [0.717, 1.165) is 37.6 Å². The van der Waals surface area contributed by atoms with Crippen molar-refractivity contribution in [2.75, 3.05) is 36.9 Å². The Bertz CT molecular complexity index is 812. The molecule has 7 nitrogen and oxygen atoms in total. The van der Waals surface area contributed by atoms with Gasteiger partial charge in [-0.2, -0.15) is 0 Å². The minimum absolute atomic E-state index is 0.00310. The number of anilines is 3. The largest absolute Gasteiger partial charge is 0.465 e. The summed E-state index contributed by atoms with van der Waals surface area (Å²) in [6, 6.07) is 4.83. The van der Waals surface area contributed by atoms with E-state index >= 15 is 0 Å². The molecule has 9 heteroatoms. The minimum Gasteiger partial charge on any atom is -0.465 e. The molecular formula is C18H21F2N5O2. The molecule has 2 N–H and O–H groups in total. The molecule has 1 fully saturated rings. The number of amides is 1. The van der Waals surface area contributed by atoms with Crippen molar-refractivity contribution in [3.05, 3.63) is 42.2 Å². The number of hydrogen-bond acceptors (Lipinski definition) is 5. The number of hydrogen-bond donors (Lipinski definition) is 2. The minimum atomic E-state index is -0.877. The molecule has 2 heterocycles. The van der Waals surface area contributed by atoms with Crippen molar-refractivity contribution in [2.24, 2.45) is 5.92 Å². The topological polar surface area (TPSA) is 81.6 Å². The van der Waals surface area contributed by atoms with Gasteiger partial charge in [0.2, 0.25) is 0 Å². The van der Waals surface area contributed by atoms with Crippen molar-refractivity contribution in [1.82, 2.24) is 14.9 Å². The van der Waals surface area contributed by atoms with Gasteiger partial charge in [-0.1, -0.05) is 0 Å². The molecule has 2 aromatic rings. The maximum atomic E-state index is 13.8. The van der Waals surface area contributed by atoms with Gasteiger partial charge in [-0.25, -0.2) is 23.5 Å². The van der Waals surface area contributed by atoms with Crippen LogP contribution in [0.5, 0.6) is 0 Å². The van der Waals surface area contributed by atoms with Crippen molar-refractivity contribution in [3.63, 3.8) is 0 Å². The number of likely N-dealkylation sites (tertiary alicyclic amines) is 1. The molecule has 1 saturated heterocycles. The first-order valence-electron chi connectivity index (χ1n) is 8.65. The molecule has 0 spiro atoms. The summed E-state index contributed by atoms with van der Waals surface area (Å²) in [7, 11) is 1.89. The maximum absolute atomic E-state index is 13.8. The van der Waals surface area contributed by atoms with Gasteiger partial charge >= 0.3 is 6.09 Å². The van der Waals surface area contributed by atoms with Gasteiger partial charge in [0.05, 0.1) is 5.69 Å². The van der Waals surface area contributed by atoms with Crippen LogP contribution in [-0.4, -0.2) is 52.7 Å². The lowest BCUT2D eigenvalue weighted by atomic mass is 9.96. The van der Waals surface area contributed by atoms with Crippen LogP contribution in [0, 0.1) is 17.6 Å². The van der Waals surface area contributed by atoms with Gasteiger partial charge in [-0.3, -0.25) is 0 Å². The summed E-state index contributed by atoms with van der Waals surface area (Å²) < 4.78 is 27.1. The Morgan fingerprint density at radius 3 is 2.74 bits per heavy atom. The Balaban J connectivity index is 1.63. The quantitative estimate of drug-likeness (QED) is 0.832. The lowest BCUT2D eigenvalue weighted by molar-refractivity contribution is 0.125. The predicted octanol–water partition coefficient (Wildman–Crippen LogP) is 3.32. The Hall–Kier alpha value is -2.97. The Kier molecular flexibility index (Phi) is 5.68. The molecule has 0 bridgehead atoms. The van der Waals surface area contributed by atoms with Crippen LogP contribution >= 0.6 is 0 Å². The molecule has 0 saturated carbocycles. The lowest BCUT2D eigenvalue weighted by Gasteiger charge is -2.32. The van der Waals surface area contributed by atoms with Crippen LogP contribution in [0.3, 0.4) is 0 Å². The molecule has 1 amide bonds. The molecule has 144 valence electrons. The molecule has 27 heavy (non-hydrogen) atoms. The number of piperidine rings is 1. The fraction of sp³-hybridized carbons (Fsp3) is 0.389. The van der Waals surface area contributed by atoms with E-state index in [4.69, 9.17) is 5.11 Å². The number of rotatable bonds is 5. The van der Waals surface area contributed by atoms with Gasteiger partial charge in [-0.15, -0.1) is 0 Å². The highest BCUT2D eigenvalue weighted by Gasteiger charge is 2.23. The summed E-state index contributed by atoms with van der Waals surface area (Å²) in [6.45, 7) is 1.78. The van der Waals surface area contributed by atoms with Gasteiger partial charge < -0.3 is 20.2 Å². The first-order chi connectivity index (χ1) is 12.9. The number of halogens is 2. The first kappa shape index (κ1) is 18.8. The summed E-state index contributed by atoms with van der Waals surface area (Å²) in [5.74, 6) is 0.243. The molecule has 3 rings (SSSR count). The summed E-state index contributed by atoms with van der Waals surface area (Å²) in [5.41, 5.74) is 0.00310. The Morgan fingerprint density at radius 2 is 2.04 bits per heavy atom. The van der Waals surface area contributed by atoms with E-state index in [1.54, 1.807) is 6.07 Å². The monoisotopic (exact) mass is 377 g/mol. The van der Waals surface area contributed by atoms with E-state index < -0.39 is 17.7 Å². The Morgan fingerprint density at radius 1 is 1.30 bits per heavy atom. The first-order valence-corrected chi connectivity index (χ1v) is 8.65. The van der Waals surface area contributed by atoms with E-state index in [9.17, 15) is 13.6 Å². The van der Waals surface area contributed by atoms with Crippen LogP contribution < -0.4 is 10.2 Å². The average Bonchev–Trinajstić information content (AvgIpc) is 2.65. The fourth-order valence-electron chi connectivity index (χ4n) is 3.14. The molecule has 0 atom stereocenters. The van der Waals surface area contributed by atoms with Crippen LogP contribution in [0.4, 0.5) is 30.9 Å². The summed E-state index contributed by atoms with van der Waals surface area (Å²) in [6.07, 6.45) is 2.07. The van der Waals surface area contributed by atoms with Crippen LogP contribution in [0.25, 0.3) is 0 Å². The zero-order valence-corrected chi connectivity index (χ0v) is 14.9. The average molecular weight is 377 g/mol. The molecule has 1 aromatic carbocycles. The summed E-state index contributed by atoms with van der Waals surface area (Å²) in [4.78, 5) is 22.6. The van der Waals surface area contributed by atoms with Crippen LogP contribution in [0.2, 0.25) is 0 Å². The summed E-state index contributed by atoms with van der Waals surface area (Å²) in [5, 5.41) is 11.8. The standard InChI is InChI=1S/C18H21F2N5O2/c1-24(10-12-4-6-25(7-5-12)18(26)27)17-9-16(21-11-22-17)23-15-8-13(19)2-3-14(15)20/h2-3,8-9,11-12H,4-7,10H2,1H3,(H,26,27)(H,21,22,23). The molecule has 1 aliphatic rings. The third kappa shape index (κ3) is 4.81. The highest BCUT2D eigenvalue weighted by molar-refractivity contribution is 5.65. The molecule has 0 unspecified atom stereocenters. The second-order valence-corrected chi connectivity index (χ2v) is 6.60. The second-order valence-electron chi connectivity index (χ2n) is 6.60. The van der Waals surface area contributed by atoms with Crippen molar-refractivity contribution < 1.29 is 18.7 Å². The number of nitrogens with one attached hydrogen (secondary N) is 1. The zero-order chi connectivity index (χ0) is 19.4. The van der Waals surface area contributed by atoms with Gasteiger partial charge in [0.15, 0.2) is 0 Å².